The van der Waals surface area contributed by atoms with E-state index in [-0.39, 0.29) is 38.2 Å². The molecule has 10 aromatic rings. The molecule has 2 nitrogen and oxygen atoms in total. The van der Waals surface area contributed by atoms with Gasteiger partial charge in [0.05, 0.1) is 20.6 Å². The van der Waals surface area contributed by atoms with Gasteiger partial charge in [0.2, 0.25) is 0 Å². The van der Waals surface area contributed by atoms with Crippen molar-refractivity contribution in [3.8, 4) is 22.3 Å². The first-order valence-corrected chi connectivity index (χ1v) is 13.8. The molecule has 0 fully saturated rings. The van der Waals surface area contributed by atoms with Crippen molar-refractivity contribution >= 4 is 76.2 Å². The van der Waals surface area contributed by atoms with Crippen molar-refractivity contribution in [2.75, 3.05) is 0 Å². The fourth-order valence-corrected chi connectivity index (χ4v) is 6.31. The number of furan rings is 2. The molecule has 0 atom stereocenters. The molecule has 0 saturated heterocycles. The summed E-state index contributed by atoms with van der Waals surface area (Å²) >= 11 is 0. The van der Waals surface area contributed by atoms with E-state index in [4.69, 9.17) is 21.2 Å². The lowest BCUT2D eigenvalue weighted by Gasteiger charge is -2.18. The first-order chi connectivity index (χ1) is 28.1. The predicted molar refractivity (Wildman–Crippen MR) is 184 cm³/mol. The smallest absolute Gasteiger partial charge is 0.136 e. The predicted octanol–water partition coefficient (Wildman–Crippen LogP) is 12.3. The summed E-state index contributed by atoms with van der Waals surface area (Å²) in [5.41, 5.74) is 1.55. The Morgan fingerprint density at radius 2 is 0.977 bits per heavy atom. The number of hydrogen-bond acceptors (Lipinski definition) is 2. The summed E-state index contributed by atoms with van der Waals surface area (Å²) < 4.78 is 146. The molecule has 0 N–H and O–H groups in total. The van der Waals surface area contributed by atoms with Crippen LogP contribution in [0, 0.1) is 0 Å². The monoisotopic (exact) mass is 575 g/mol. The van der Waals surface area contributed by atoms with Crippen molar-refractivity contribution in [3.63, 3.8) is 0 Å². The first-order valence-electron chi connectivity index (χ1n) is 21.3. The highest BCUT2D eigenvalue weighted by molar-refractivity contribution is 6.27. The van der Waals surface area contributed by atoms with E-state index in [2.05, 4.69) is 0 Å². The maximum absolute atomic E-state index is 9.41. The van der Waals surface area contributed by atoms with E-state index in [9.17, 15) is 8.22 Å². The Bertz CT molecular complexity index is 3540. The van der Waals surface area contributed by atoms with Gasteiger partial charge < -0.3 is 8.83 Å². The van der Waals surface area contributed by atoms with Crippen LogP contribution in [-0.4, -0.2) is 0 Å². The highest BCUT2D eigenvalue weighted by Gasteiger charge is 2.20. The lowest BCUT2D eigenvalue weighted by Crippen LogP contribution is -1.91. The lowest BCUT2D eigenvalue weighted by atomic mass is 9.85. The average Bonchev–Trinajstić information content (AvgIpc) is 3.80. The number of rotatable bonds is 2. The zero-order valence-corrected chi connectivity index (χ0v) is 22.5. The largest absolute Gasteiger partial charge is 0.456 e. The Hall–Kier alpha value is -5.86. The van der Waals surface area contributed by atoms with E-state index in [1.54, 1.807) is 30.3 Å². The van der Waals surface area contributed by atoms with E-state index in [0.717, 1.165) is 16.2 Å². The van der Waals surface area contributed by atoms with Gasteiger partial charge in [0, 0.05) is 21.5 Å². The van der Waals surface area contributed by atoms with Crippen LogP contribution in [0.4, 0.5) is 0 Å². The van der Waals surface area contributed by atoms with Crippen LogP contribution in [0.25, 0.3) is 98.4 Å². The second-order valence-electron chi connectivity index (χ2n) is 10.5. The van der Waals surface area contributed by atoms with Gasteiger partial charge in [-0.15, -0.1) is 0 Å². The fourth-order valence-electron chi connectivity index (χ4n) is 6.31. The van der Waals surface area contributed by atoms with Gasteiger partial charge in [0.15, 0.2) is 0 Å². The van der Waals surface area contributed by atoms with Crippen LogP contribution in [-0.2, 0) is 0 Å². The number of benzene rings is 8. The zero-order chi connectivity index (χ0) is 41.8. The standard InChI is InChI=1S/C42H24O2/c1-2-10-26-23-27(18-17-25(26)9-1)39-29-11-3-5-13-31(29)40(32-14-6-4-12-30(32)39)28-19-20-34-38(24-28)44-37-22-21-36-41(42(34)37)33-15-7-8-16-35(33)43-36/h1-24H/i1D,2D,3D,4D,5D,6D,9D,10D,11D,12D,13D,14D,17D,18D,23D. The Morgan fingerprint density at radius 3 is 1.68 bits per heavy atom. The number of para-hydroxylation sites is 1. The molecule has 0 radical (unpaired) electrons. The van der Waals surface area contributed by atoms with E-state index >= 15 is 0 Å². The molecule has 204 valence electrons. The molecule has 0 aliphatic rings. The number of hydrogen-bond donors (Lipinski definition) is 0. The molecule has 2 heterocycles. The molecule has 0 amide bonds. The van der Waals surface area contributed by atoms with Crippen molar-refractivity contribution in [2.24, 2.45) is 0 Å². The quantitative estimate of drug-likeness (QED) is 0.192. The van der Waals surface area contributed by atoms with Gasteiger partial charge in [-0.2, -0.15) is 0 Å². The van der Waals surface area contributed by atoms with Gasteiger partial charge in [0.25, 0.3) is 0 Å². The molecule has 0 saturated carbocycles. The Balaban J connectivity index is 1.43. The van der Waals surface area contributed by atoms with Crippen molar-refractivity contribution in [1.29, 1.82) is 0 Å². The molecule has 0 spiro atoms. The van der Waals surface area contributed by atoms with Gasteiger partial charge in [-0.1, -0.05) is 109 Å². The molecule has 8 aromatic carbocycles. The molecule has 0 bridgehead atoms. The van der Waals surface area contributed by atoms with Gasteiger partial charge >= 0.3 is 0 Å². The molecular formula is C42H24O2. The Morgan fingerprint density at radius 1 is 0.409 bits per heavy atom. The van der Waals surface area contributed by atoms with Crippen LogP contribution in [0.2, 0.25) is 0 Å². The molecule has 0 unspecified atom stereocenters. The summed E-state index contributed by atoms with van der Waals surface area (Å²) in [5, 5.41) is 1.22. The maximum Gasteiger partial charge on any atom is 0.136 e. The van der Waals surface area contributed by atoms with Crippen LogP contribution in [0.3, 0.4) is 0 Å². The summed E-state index contributed by atoms with van der Waals surface area (Å²) in [4.78, 5) is 0. The van der Waals surface area contributed by atoms with Crippen molar-refractivity contribution in [1.82, 2.24) is 0 Å². The molecule has 2 aromatic heterocycles. The number of fused-ring (bicyclic) bond motifs is 10. The first kappa shape index (κ1) is 13.6. The van der Waals surface area contributed by atoms with Gasteiger partial charge in [-0.3, -0.25) is 0 Å². The third kappa shape index (κ3) is 3.25. The normalized spacial score (nSPS) is 16.9. The summed E-state index contributed by atoms with van der Waals surface area (Å²) in [6.07, 6.45) is 0. The molecule has 44 heavy (non-hydrogen) atoms. The Kier molecular flexibility index (Phi) is 2.73. The molecule has 0 aliphatic heterocycles. The average molecular weight is 576 g/mol. The second-order valence-corrected chi connectivity index (χ2v) is 10.5. The fraction of sp³-hybridized carbons (Fsp3) is 0. The maximum atomic E-state index is 9.41. The zero-order valence-electron chi connectivity index (χ0n) is 37.5. The highest BCUT2D eigenvalue weighted by atomic mass is 16.3. The third-order valence-corrected chi connectivity index (χ3v) is 8.14. The van der Waals surface area contributed by atoms with Crippen LogP contribution < -0.4 is 0 Å². The lowest BCUT2D eigenvalue weighted by molar-refractivity contribution is 0.663. The van der Waals surface area contributed by atoms with Crippen molar-refractivity contribution in [2.45, 2.75) is 0 Å². The van der Waals surface area contributed by atoms with E-state index in [1.807, 2.05) is 24.3 Å². The SMILES string of the molecule is [2H]c1c([2H])c([2H])c2c([2H])c(-c3c4c([2H])c([2H])c([2H])c([2H])c4c(-c4ccc5c(c4)oc4ccc6oc7ccccc7c6c45)c4c([2H])c([2H])c([2H])c([2H])c34)c([2H])c([2H])c2c1[2H]. The van der Waals surface area contributed by atoms with E-state index in [0.29, 0.717) is 27.7 Å². The van der Waals surface area contributed by atoms with Crippen molar-refractivity contribution < 1.29 is 29.4 Å². The van der Waals surface area contributed by atoms with Crippen LogP contribution in [0.1, 0.15) is 20.6 Å². The summed E-state index contributed by atoms with van der Waals surface area (Å²) in [6.45, 7) is 0. The minimum absolute atomic E-state index is 0.00845. The van der Waals surface area contributed by atoms with Crippen LogP contribution in [0.15, 0.2) is 154 Å². The Labute approximate surface area is 273 Å². The van der Waals surface area contributed by atoms with Gasteiger partial charge in [-0.25, -0.2) is 0 Å². The minimum Gasteiger partial charge on any atom is -0.456 e. The van der Waals surface area contributed by atoms with E-state index < -0.39 is 107 Å². The topological polar surface area (TPSA) is 26.3 Å². The second kappa shape index (κ2) is 8.82. The van der Waals surface area contributed by atoms with Crippen LogP contribution >= 0.6 is 0 Å². The highest BCUT2D eigenvalue weighted by Crippen LogP contribution is 2.46. The molecular weight excluding hydrogens is 536 g/mol. The summed E-state index contributed by atoms with van der Waals surface area (Å²) in [6, 6.07) is 6.03. The molecule has 10 rings (SSSR count). The van der Waals surface area contributed by atoms with Gasteiger partial charge in [0.1, 0.15) is 22.3 Å². The minimum atomic E-state index is -0.746. The third-order valence-electron chi connectivity index (χ3n) is 8.14. The molecule has 2 heteroatoms. The summed E-state index contributed by atoms with van der Waals surface area (Å²) in [5.74, 6) is 0. The van der Waals surface area contributed by atoms with Crippen molar-refractivity contribution in [3.05, 3.63) is 145 Å². The van der Waals surface area contributed by atoms with Gasteiger partial charge in [-0.05, 0) is 90.9 Å². The molecule has 0 aliphatic carbocycles. The summed E-state index contributed by atoms with van der Waals surface area (Å²) in [7, 11) is 0. The van der Waals surface area contributed by atoms with E-state index in [1.165, 1.54) is 0 Å². The van der Waals surface area contributed by atoms with Crippen LogP contribution in [0.5, 0.6) is 0 Å².